The molecule has 1 aromatic rings. The molecule has 0 aromatic heterocycles. The van der Waals surface area contributed by atoms with E-state index in [0.29, 0.717) is 16.9 Å². The van der Waals surface area contributed by atoms with Crippen molar-refractivity contribution in [2.24, 2.45) is 5.92 Å². The summed E-state index contributed by atoms with van der Waals surface area (Å²) in [4.78, 5) is 0.229. The van der Waals surface area contributed by atoms with Crippen LogP contribution in [0.5, 0.6) is 5.75 Å². The number of methoxy groups -OCH3 is 1. The molecule has 0 aliphatic rings. The van der Waals surface area contributed by atoms with Crippen molar-refractivity contribution >= 4 is 20.1 Å². The van der Waals surface area contributed by atoms with Crippen LogP contribution in [0.1, 0.15) is 30.5 Å². The Balaban J connectivity index is 3.16. The second-order valence-corrected chi connectivity index (χ2v) is 10.1. The minimum atomic E-state index is -3.79. The van der Waals surface area contributed by atoms with Gasteiger partial charge in [0.1, 0.15) is 5.75 Å². The maximum absolute atomic E-state index is 13.0. The molecule has 0 amide bonds. The molecule has 1 unspecified atom stereocenters. The fourth-order valence-corrected chi connectivity index (χ4v) is 4.84. The zero-order valence-corrected chi connectivity index (χ0v) is 18.5. The highest BCUT2D eigenvalue weighted by Gasteiger charge is 2.26. The summed E-state index contributed by atoms with van der Waals surface area (Å²) in [5.74, 6) is 0.594. The van der Waals surface area contributed by atoms with E-state index >= 15 is 0 Å². The monoisotopic (exact) mass is 419 g/mol. The van der Waals surface area contributed by atoms with Crippen LogP contribution in [-0.4, -0.2) is 42.8 Å². The lowest BCUT2D eigenvalue weighted by Crippen LogP contribution is -2.37. The first-order valence-electron chi connectivity index (χ1n) is 8.48. The number of hydrogen-bond acceptors (Lipinski definition) is 6. The molecule has 0 bridgehead atoms. The predicted molar refractivity (Wildman–Crippen MR) is 106 cm³/mol. The lowest BCUT2D eigenvalue weighted by molar-refractivity contribution is 0.360. The van der Waals surface area contributed by atoms with Gasteiger partial charge in [0.05, 0.1) is 24.9 Å². The summed E-state index contributed by atoms with van der Waals surface area (Å²) in [5, 5.41) is 0. The number of hydrogen-bond donors (Lipinski definition) is 1. The van der Waals surface area contributed by atoms with Crippen molar-refractivity contribution in [3.8, 4) is 5.75 Å². The minimum absolute atomic E-state index is 0.0470. The summed E-state index contributed by atoms with van der Waals surface area (Å²) < 4.78 is 60.7. The second-order valence-electron chi connectivity index (χ2n) is 6.78. The molecule has 0 heterocycles. The highest BCUT2D eigenvalue weighted by atomic mass is 32.2. The van der Waals surface area contributed by atoms with Crippen LogP contribution in [0, 0.1) is 26.7 Å². The van der Waals surface area contributed by atoms with Gasteiger partial charge in [-0.1, -0.05) is 26.0 Å². The number of aryl methyl sites for hydroxylation is 1. The Kier molecular flexibility index (Phi) is 8.03. The van der Waals surface area contributed by atoms with Gasteiger partial charge in [0.15, 0.2) is 0 Å². The van der Waals surface area contributed by atoms with E-state index in [9.17, 15) is 16.8 Å². The molecular weight excluding hydrogens is 390 g/mol. The Labute approximate surface area is 162 Å². The summed E-state index contributed by atoms with van der Waals surface area (Å²) in [6.45, 7) is 8.88. The Bertz CT molecular complexity index is 902. The van der Waals surface area contributed by atoms with Crippen LogP contribution in [0.3, 0.4) is 0 Å². The fourth-order valence-electron chi connectivity index (χ4n) is 2.65. The Morgan fingerprint density at radius 1 is 1.11 bits per heavy atom. The number of nitrogens with one attached hydrogen (secondary N) is 1. The van der Waals surface area contributed by atoms with Gasteiger partial charge in [-0.05, 0) is 49.4 Å². The fraction of sp³-hybridized carbons (Fsp3) is 0.556. The largest absolute Gasteiger partial charge is 0.496 e. The Morgan fingerprint density at radius 3 is 2.19 bits per heavy atom. The van der Waals surface area contributed by atoms with Gasteiger partial charge < -0.3 is 4.74 Å². The third kappa shape index (κ3) is 6.60. The van der Waals surface area contributed by atoms with Crippen molar-refractivity contribution in [1.82, 2.24) is 4.72 Å². The van der Waals surface area contributed by atoms with Crippen LogP contribution < -0.4 is 9.46 Å². The molecular formula is C18H29NO6S2. The van der Waals surface area contributed by atoms with E-state index in [4.69, 9.17) is 4.74 Å². The summed E-state index contributed by atoms with van der Waals surface area (Å²) in [5.41, 5.74) is 1.99. The highest BCUT2D eigenvalue weighted by molar-refractivity contribution is 7.89. The average molecular weight is 420 g/mol. The van der Waals surface area contributed by atoms with E-state index in [2.05, 4.69) is 8.91 Å². The van der Waals surface area contributed by atoms with Crippen LogP contribution in [0.25, 0.3) is 0 Å². The summed E-state index contributed by atoms with van der Waals surface area (Å²) in [7, 11) is -5.79. The van der Waals surface area contributed by atoms with Crippen LogP contribution in [-0.2, 0) is 24.3 Å². The van der Waals surface area contributed by atoms with Crippen LogP contribution in [0.4, 0.5) is 0 Å². The molecule has 0 saturated heterocycles. The highest BCUT2D eigenvalue weighted by Crippen LogP contribution is 2.30. The molecule has 154 valence electrons. The summed E-state index contributed by atoms with van der Waals surface area (Å²) >= 11 is 0. The SMILES string of the molecule is COc1cc(C)c(S(=O)(=O)NC(/C=C\COS(C)(=O)=O)C(C)C)c(C)c1C. The molecule has 0 aliphatic carbocycles. The third-order valence-corrected chi connectivity index (χ3v) is 6.51. The van der Waals surface area contributed by atoms with Gasteiger partial charge in [-0.2, -0.15) is 8.42 Å². The van der Waals surface area contributed by atoms with Gasteiger partial charge >= 0.3 is 0 Å². The van der Waals surface area contributed by atoms with Gasteiger partial charge in [-0.15, -0.1) is 0 Å². The predicted octanol–water partition coefficient (Wildman–Crippen LogP) is 2.46. The molecule has 0 spiro atoms. The second kappa shape index (κ2) is 9.18. The molecule has 0 aliphatic heterocycles. The van der Waals surface area contributed by atoms with Gasteiger partial charge in [0.2, 0.25) is 10.0 Å². The Morgan fingerprint density at radius 2 is 1.70 bits per heavy atom. The first-order chi connectivity index (χ1) is 12.3. The summed E-state index contributed by atoms with van der Waals surface area (Å²) in [6.07, 6.45) is 4.06. The van der Waals surface area contributed by atoms with E-state index in [-0.39, 0.29) is 17.4 Å². The molecule has 0 saturated carbocycles. The minimum Gasteiger partial charge on any atom is -0.496 e. The first-order valence-corrected chi connectivity index (χ1v) is 11.8. The van der Waals surface area contributed by atoms with Crippen molar-refractivity contribution in [1.29, 1.82) is 0 Å². The molecule has 27 heavy (non-hydrogen) atoms. The van der Waals surface area contributed by atoms with Crippen molar-refractivity contribution in [2.45, 2.75) is 45.6 Å². The van der Waals surface area contributed by atoms with Crippen LogP contribution >= 0.6 is 0 Å². The van der Waals surface area contributed by atoms with E-state index in [1.165, 1.54) is 6.08 Å². The lowest BCUT2D eigenvalue weighted by atomic mass is 10.1. The molecule has 0 fully saturated rings. The van der Waals surface area contributed by atoms with Crippen LogP contribution in [0.15, 0.2) is 23.1 Å². The standard InChI is InChI=1S/C18H29NO6S2/c1-12(2)16(9-8-10-25-26(7,20)21)19-27(22,23)18-13(3)11-17(24-6)14(4)15(18)5/h8-9,11-12,16,19H,10H2,1-7H3/b9-8-. The molecule has 1 atom stereocenters. The van der Waals surface area contributed by atoms with E-state index < -0.39 is 26.2 Å². The van der Waals surface area contributed by atoms with Gasteiger partial charge in [-0.25, -0.2) is 13.1 Å². The number of ether oxygens (including phenoxy) is 1. The zero-order chi connectivity index (χ0) is 21.0. The average Bonchev–Trinajstić information content (AvgIpc) is 2.52. The van der Waals surface area contributed by atoms with E-state index in [1.54, 1.807) is 33.1 Å². The molecule has 1 N–H and O–H groups in total. The van der Waals surface area contributed by atoms with Crippen molar-refractivity contribution in [3.63, 3.8) is 0 Å². The molecule has 1 aromatic carbocycles. The van der Waals surface area contributed by atoms with Gasteiger partial charge in [0, 0.05) is 6.04 Å². The van der Waals surface area contributed by atoms with E-state index in [1.807, 2.05) is 20.8 Å². The number of rotatable bonds is 9. The molecule has 9 heteroatoms. The van der Waals surface area contributed by atoms with Crippen molar-refractivity contribution < 1.29 is 25.8 Å². The van der Waals surface area contributed by atoms with Crippen LogP contribution in [0.2, 0.25) is 0 Å². The lowest BCUT2D eigenvalue weighted by Gasteiger charge is -2.22. The quantitative estimate of drug-likeness (QED) is 0.488. The first kappa shape index (κ1) is 23.6. The molecule has 0 radical (unpaired) electrons. The van der Waals surface area contributed by atoms with Gasteiger partial charge in [-0.3, -0.25) is 4.18 Å². The molecule has 7 nitrogen and oxygen atoms in total. The topological polar surface area (TPSA) is 98.8 Å². The summed E-state index contributed by atoms with van der Waals surface area (Å²) in [6, 6.07) is 1.19. The molecule has 1 rings (SSSR count). The zero-order valence-electron chi connectivity index (χ0n) is 16.9. The maximum Gasteiger partial charge on any atom is 0.264 e. The third-order valence-electron chi connectivity index (χ3n) is 4.20. The Hall–Kier alpha value is -1.42. The smallest absolute Gasteiger partial charge is 0.264 e. The van der Waals surface area contributed by atoms with E-state index in [0.717, 1.165) is 11.8 Å². The van der Waals surface area contributed by atoms with Crippen molar-refractivity contribution in [3.05, 3.63) is 34.9 Å². The maximum atomic E-state index is 13.0. The van der Waals surface area contributed by atoms with Crippen molar-refractivity contribution in [2.75, 3.05) is 20.0 Å². The number of benzene rings is 1. The number of sulfonamides is 1. The normalized spacial score (nSPS) is 14.1. The van der Waals surface area contributed by atoms with Gasteiger partial charge in [0.25, 0.3) is 10.1 Å².